The van der Waals surface area contributed by atoms with E-state index < -0.39 is 0 Å². The first-order valence-corrected chi connectivity index (χ1v) is 8.44. The molecule has 1 aliphatic rings. The van der Waals surface area contributed by atoms with E-state index in [0.29, 0.717) is 6.61 Å². The van der Waals surface area contributed by atoms with E-state index in [-0.39, 0.29) is 18.6 Å². The number of nitrogens with one attached hydrogen (secondary N) is 1. The molecule has 1 fully saturated rings. The fourth-order valence-corrected chi connectivity index (χ4v) is 2.93. The number of benzene rings is 2. The maximum atomic E-state index is 11.6. The van der Waals surface area contributed by atoms with Crippen molar-refractivity contribution in [3.63, 3.8) is 0 Å². The van der Waals surface area contributed by atoms with Crippen LogP contribution in [0.2, 0.25) is 0 Å². The average molecular weight is 346 g/mol. The lowest BCUT2D eigenvalue weighted by Gasteiger charge is -2.24. The van der Waals surface area contributed by atoms with Gasteiger partial charge in [-0.25, -0.2) is 0 Å². The third-order valence-electron chi connectivity index (χ3n) is 4.18. The molecular formula is C21H18N2O3. The molecule has 26 heavy (non-hydrogen) atoms. The van der Waals surface area contributed by atoms with Crippen LogP contribution < -0.4 is 10.1 Å². The second kappa shape index (κ2) is 7.37. The van der Waals surface area contributed by atoms with Gasteiger partial charge in [0.05, 0.1) is 12.6 Å². The second-order valence-electron chi connectivity index (χ2n) is 6.05. The number of para-hydroxylation sites is 2. The highest BCUT2D eigenvalue weighted by Crippen LogP contribution is 2.33. The maximum Gasteiger partial charge on any atom is 0.246 e. The fourth-order valence-electron chi connectivity index (χ4n) is 2.93. The Kier molecular flexibility index (Phi) is 4.62. The van der Waals surface area contributed by atoms with Crippen LogP contribution in [-0.4, -0.2) is 24.1 Å². The molecule has 0 radical (unpaired) electrons. The molecule has 5 nitrogen and oxygen atoms in total. The van der Waals surface area contributed by atoms with Crippen LogP contribution in [0.3, 0.4) is 0 Å². The minimum absolute atomic E-state index is 0.109. The zero-order chi connectivity index (χ0) is 17.8. The van der Waals surface area contributed by atoms with Crippen molar-refractivity contribution >= 4 is 5.91 Å². The molecule has 4 rings (SSSR count). The van der Waals surface area contributed by atoms with Crippen LogP contribution in [-0.2, 0) is 9.53 Å². The molecule has 1 saturated heterocycles. The van der Waals surface area contributed by atoms with Crippen LogP contribution >= 0.6 is 0 Å². The van der Waals surface area contributed by atoms with Crippen LogP contribution in [0.1, 0.15) is 11.6 Å². The van der Waals surface area contributed by atoms with Gasteiger partial charge in [-0.2, -0.15) is 0 Å². The van der Waals surface area contributed by atoms with Gasteiger partial charge in [-0.3, -0.25) is 9.78 Å². The summed E-state index contributed by atoms with van der Waals surface area (Å²) >= 11 is 0. The lowest BCUT2D eigenvalue weighted by atomic mass is 10.0. The van der Waals surface area contributed by atoms with Crippen molar-refractivity contribution in [1.29, 1.82) is 0 Å². The Bertz CT molecular complexity index is 912. The van der Waals surface area contributed by atoms with Crippen molar-refractivity contribution in [2.24, 2.45) is 0 Å². The Balaban J connectivity index is 1.66. The topological polar surface area (TPSA) is 60.5 Å². The van der Waals surface area contributed by atoms with E-state index in [2.05, 4.69) is 10.3 Å². The molecule has 1 atom stereocenters. The summed E-state index contributed by atoms with van der Waals surface area (Å²) in [5.74, 6) is 1.41. The summed E-state index contributed by atoms with van der Waals surface area (Å²) in [5.41, 5.74) is 2.77. The lowest BCUT2D eigenvalue weighted by Crippen LogP contribution is -2.39. The molecular weight excluding hydrogens is 328 g/mol. The van der Waals surface area contributed by atoms with Crippen molar-refractivity contribution < 1.29 is 14.3 Å². The van der Waals surface area contributed by atoms with Gasteiger partial charge in [-0.05, 0) is 29.8 Å². The van der Waals surface area contributed by atoms with E-state index >= 15 is 0 Å². The van der Waals surface area contributed by atoms with Crippen molar-refractivity contribution in [2.45, 2.75) is 6.04 Å². The van der Waals surface area contributed by atoms with Gasteiger partial charge < -0.3 is 14.8 Å². The molecule has 0 aliphatic carbocycles. The fraction of sp³-hybridized carbons (Fsp3) is 0.143. The molecule has 0 saturated carbocycles. The van der Waals surface area contributed by atoms with Crippen LogP contribution in [0, 0.1) is 0 Å². The Morgan fingerprint density at radius 3 is 2.69 bits per heavy atom. The standard InChI is InChI=1S/C21H18N2O3/c24-21-14-25-13-19(23-21)16-10-15(11-22-12-16)18-8-4-5-9-20(18)26-17-6-2-1-3-7-17/h1-12,19H,13-14H2,(H,23,24). The number of aromatic nitrogens is 1. The Morgan fingerprint density at radius 2 is 1.85 bits per heavy atom. The second-order valence-corrected chi connectivity index (χ2v) is 6.05. The predicted molar refractivity (Wildman–Crippen MR) is 97.9 cm³/mol. The quantitative estimate of drug-likeness (QED) is 0.782. The van der Waals surface area contributed by atoms with Crippen molar-refractivity contribution in [3.8, 4) is 22.6 Å². The van der Waals surface area contributed by atoms with E-state index in [1.165, 1.54) is 0 Å². The van der Waals surface area contributed by atoms with Gasteiger partial charge in [0.15, 0.2) is 0 Å². The van der Waals surface area contributed by atoms with Crippen molar-refractivity contribution in [2.75, 3.05) is 13.2 Å². The largest absolute Gasteiger partial charge is 0.457 e. The first-order valence-electron chi connectivity index (χ1n) is 8.44. The predicted octanol–water partition coefficient (Wildman–Crippen LogP) is 3.73. The summed E-state index contributed by atoms with van der Waals surface area (Å²) in [5, 5.41) is 2.93. The summed E-state index contributed by atoms with van der Waals surface area (Å²) in [6.07, 6.45) is 3.55. The molecule has 2 heterocycles. The van der Waals surface area contributed by atoms with E-state index in [4.69, 9.17) is 9.47 Å². The molecule has 1 unspecified atom stereocenters. The Hall–Kier alpha value is -3.18. The van der Waals surface area contributed by atoms with Gasteiger partial charge in [0.1, 0.15) is 18.1 Å². The highest BCUT2D eigenvalue weighted by Gasteiger charge is 2.21. The molecule has 1 amide bonds. The molecule has 0 spiro atoms. The van der Waals surface area contributed by atoms with E-state index in [0.717, 1.165) is 28.2 Å². The number of hydrogen-bond acceptors (Lipinski definition) is 4. The lowest BCUT2D eigenvalue weighted by molar-refractivity contribution is -0.131. The summed E-state index contributed by atoms with van der Waals surface area (Å²) in [4.78, 5) is 15.9. The molecule has 1 N–H and O–H groups in total. The van der Waals surface area contributed by atoms with E-state index in [9.17, 15) is 4.79 Å². The van der Waals surface area contributed by atoms with Crippen LogP contribution in [0.4, 0.5) is 0 Å². The summed E-state index contributed by atoms with van der Waals surface area (Å²) in [6, 6.07) is 19.3. The molecule has 2 aromatic carbocycles. The Morgan fingerprint density at radius 1 is 1.04 bits per heavy atom. The van der Waals surface area contributed by atoms with Crippen LogP contribution in [0.5, 0.6) is 11.5 Å². The number of carbonyl (C=O) groups is 1. The van der Waals surface area contributed by atoms with Gasteiger partial charge in [0.2, 0.25) is 5.91 Å². The van der Waals surface area contributed by atoms with Gasteiger partial charge in [0, 0.05) is 23.5 Å². The normalized spacial score (nSPS) is 16.8. The third kappa shape index (κ3) is 3.58. The number of rotatable bonds is 4. The minimum atomic E-state index is -0.189. The molecule has 5 heteroatoms. The summed E-state index contributed by atoms with van der Waals surface area (Å²) in [7, 11) is 0. The zero-order valence-corrected chi connectivity index (χ0v) is 14.1. The SMILES string of the molecule is O=C1COCC(c2cncc(-c3ccccc3Oc3ccccc3)c2)N1. The van der Waals surface area contributed by atoms with Crippen molar-refractivity contribution in [1.82, 2.24) is 10.3 Å². The molecule has 3 aromatic rings. The third-order valence-corrected chi connectivity index (χ3v) is 4.18. The van der Waals surface area contributed by atoms with E-state index in [1.807, 2.05) is 60.7 Å². The first-order chi connectivity index (χ1) is 12.8. The van der Waals surface area contributed by atoms with Gasteiger partial charge in [-0.1, -0.05) is 36.4 Å². The average Bonchev–Trinajstić information content (AvgIpc) is 2.69. The minimum Gasteiger partial charge on any atom is -0.457 e. The highest BCUT2D eigenvalue weighted by atomic mass is 16.5. The van der Waals surface area contributed by atoms with Crippen LogP contribution in [0.15, 0.2) is 73.1 Å². The highest BCUT2D eigenvalue weighted by molar-refractivity contribution is 5.78. The zero-order valence-electron chi connectivity index (χ0n) is 14.1. The first kappa shape index (κ1) is 16.3. The van der Waals surface area contributed by atoms with Gasteiger partial charge >= 0.3 is 0 Å². The maximum absolute atomic E-state index is 11.6. The number of morpholine rings is 1. The summed E-state index contributed by atoms with van der Waals surface area (Å²) in [6.45, 7) is 0.552. The van der Waals surface area contributed by atoms with Crippen LogP contribution in [0.25, 0.3) is 11.1 Å². The van der Waals surface area contributed by atoms with Gasteiger partial charge in [-0.15, -0.1) is 0 Å². The van der Waals surface area contributed by atoms with Gasteiger partial charge in [0.25, 0.3) is 0 Å². The number of hydrogen-bond donors (Lipinski definition) is 1. The molecule has 1 aliphatic heterocycles. The summed E-state index contributed by atoms with van der Waals surface area (Å²) < 4.78 is 11.4. The smallest absolute Gasteiger partial charge is 0.246 e. The number of pyridine rings is 1. The molecule has 130 valence electrons. The number of ether oxygens (including phenoxy) is 2. The number of carbonyl (C=O) groups excluding carboxylic acids is 1. The molecule has 1 aromatic heterocycles. The number of nitrogens with zero attached hydrogens (tertiary/aromatic N) is 1. The number of amides is 1. The monoisotopic (exact) mass is 346 g/mol. The Labute approximate surface area is 151 Å². The molecule has 0 bridgehead atoms. The van der Waals surface area contributed by atoms with E-state index in [1.54, 1.807) is 12.4 Å². The van der Waals surface area contributed by atoms with Crippen molar-refractivity contribution in [3.05, 3.63) is 78.6 Å².